The maximum absolute atomic E-state index is 12.8. The summed E-state index contributed by atoms with van der Waals surface area (Å²) < 4.78 is 0. The molecule has 0 aromatic carbocycles. The van der Waals surface area contributed by atoms with Gasteiger partial charge < -0.3 is 14.9 Å². The summed E-state index contributed by atoms with van der Waals surface area (Å²) in [6.45, 7) is 3.09. The van der Waals surface area contributed by atoms with Crippen LogP contribution in [0.3, 0.4) is 0 Å². The summed E-state index contributed by atoms with van der Waals surface area (Å²) in [4.78, 5) is 33.7. The highest BCUT2D eigenvalue weighted by atomic mass is 16.3. The molecule has 0 spiro atoms. The first-order chi connectivity index (χ1) is 14.0. The van der Waals surface area contributed by atoms with E-state index in [9.17, 15) is 14.7 Å². The molecule has 3 aliphatic rings. The van der Waals surface area contributed by atoms with E-state index in [1.807, 2.05) is 21.9 Å². The number of rotatable bonds is 4. The lowest BCUT2D eigenvalue weighted by atomic mass is 9.82. The van der Waals surface area contributed by atoms with Crippen molar-refractivity contribution < 1.29 is 14.7 Å². The van der Waals surface area contributed by atoms with Crippen molar-refractivity contribution in [2.45, 2.75) is 75.7 Å². The van der Waals surface area contributed by atoms with Gasteiger partial charge in [0.05, 0.1) is 17.6 Å². The average molecular weight is 400 g/mol. The molecule has 6 heteroatoms. The van der Waals surface area contributed by atoms with Gasteiger partial charge in [0.2, 0.25) is 5.91 Å². The third-order valence-corrected chi connectivity index (χ3v) is 6.88. The minimum absolute atomic E-state index is 0.0694. The zero-order valence-corrected chi connectivity index (χ0v) is 17.3. The van der Waals surface area contributed by atoms with Gasteiger partial charge in [-0.25, -0.2) is 0 Å². The molecule has 2 saturated heterocycles. The maximum atomic E-state index is 12.8. The van der Waals surface area contributed by atoms with E-state index in [1.165, 1.54) is 0 Å². The van der Waals surface area contributed by atoms with Crippen LogP contribution in [0.4, 0.5) is 0 Å². The Bertz CT molecular complexity index is 721. The molecule has 0 unspecified atom stereocenters. The molecule has 158 valence electrons. The average Bonchev–Trinajstić information content (AvgIpc) is 3.28. The molecule has 1 aliphatic carbocycles. The molecule has 3 fully saturated rings. The highest BCUT2D eigenvalue weighted by Crippen LogP contribution is 2.33. The Balaban J connectivity index is 1.36. The summed E-state index contributed by atoms with van der Waals surface area (Å²) in [6, 6.07) is 3.84. The number of piperidine rings is 1. The van der Waals surface area contributed by atoms with E-state index in [-0.39, 0.29) is 24.2 Å². The lowest BCUT2D eigenvalue weighted by Gasteiger charge is -2.37. The summed E-state index contributed by atoms with van der Waals surface area (Å²) in [6.07, 6.45) is 10.7. The molecule has 1 aromatic rings. The summed E-state index contributed by atoms with van der Waals surface area (Å²) in [5.41, 5.74) is 0.800. The van der Waals surface area contributed by atoms with Gasteiger partial charge in [-0.05, 0) is 50.7 Å². The van der Waals surface area contributed by atoms with E-state index in [1.54, 1.807) is 6.20 Å². The van der Waals surface area contributed by atoms with E-state index >= 15 is 0 Å². The van der Waals surface area contributed by atoms with Crippen molar-refractivity contribution in [2.75, 3.05) is 26.2 Å². The Kier molecular flexibility index (Phi) is 6.18. The SMILES string of the molecule is O=C(CC1(O)CCCCC1)N1CCC[C@@H](c2ccc(C(=O)N3CCCC3)cn2)C1. The van der Waals surface area contributed by atoms with E-state index < -0.39 is 5.60 Å². The van der Waals surface area contributed by atoms with Gasteiger partial charge in [-0.15, -0.1) is 0 Å². The fourth-order valence-electron chi connectivity index (χ4n) is 5.10. The summed E-state index contributed by atoms with van der Waals surface area (Å²) in [5, 5.41) is 10.7. The van der Waals surface area contributed by atoms with E-state index in [4.69, 9.17) is 0 Å². The number of carbonyl (C=O) groups is 2. The third-order valence-electron chi connectivity index (χ3n) is 6.88. The standard InChI is InChI=1S/C23H33N3O3/c27-21(15-23(29)10-2-1-3-11-23)26-14-6-7-19(17-26)20-9-8-18(16-24-20)22(28)25-12-4-5-13-25/h8-9,16,19,29H,1-7,10-15,17H2/t19-/m1/s1. The predicted octanol–water partition coefficient (Wildman–Crippen LogP) is 3.11. The van der Waals surface area contributed by atoms with Crippen LogP contribution in [0.2, 0.25) is 0 Å². The van der Waals surface area contributed by atoms with Crippen molar-refractivity contribution in [1.82, 2.24) is 14.8 Å². The molecule has 1 saturated carbocycles. The van der Waals surface area contributed by atoms with Crippen molar-refractivity contribution in [2.24, 2.45) is 0 Å². The van der Waals surface area contributed by atoms with Gasteiger partial charge in [-0.2, -0.15) is 0 Å². The molecule has 1 N–H and O–H groups in total. The first kappa shape index (κ1) is 20.3. The minimum Gasteiger partial charge on any atom is -0.389 e. The Morgan fingerprint density at radius 1 is 1.00 bits per heavy atom. The monoisotopic (exact) mass is 399 g/mol. The van der Waals surface area contributed by atoms with Crippen LogP contribution in [0.1, 0.15) is 86.2 Å². The molecular formula is C23H33N3O3. The first-order valence-electron chi connectivity index (χ1n) is 11.3. The van der Waals surface area contributed by atoms with Crippen LogP contribution in [0, 0.1) is 0 Å². The quantitative estimate of drug-likeness (QED) is 0.844. The van der Waals surface area contributed by atoms with Crippen molar-refractivity contribution in [3.05, 3.63) is 29.6 Å². The number of nitrogens with zero attached hydrogens (tertiary/aromatic N) is 3. The van der Waals surface area contributed by atoms with Crippen molar-refractivity contribution >= 4 is 11.8 Å². The van der Waals surface area contributed by atoms with Gasteiger partial charge in [-0.1, -0.05) is 19.3 Å². The predicted molar refractivity (Wildman–Crippen MR) is 111 cm³/mol. The van der Waals surface area contributed by atoms with Crippen LogP contribution in [-0.4, -0.2) is 63.5 Å². The number of hydrogen-bond acceptors (Lipinski definition) is 4. The lowest BCUT2D eigenvalue weighted by molar-refractivity contribution is -0.139. The topological polar surface area (TPSA) is 73.7 Å². The van der Waals surface area contributed by atoms with Gasteiger partial charge in [0.1, 0.15) is 0 Å². The summed E-state index contributed by atoms with van der Waals surface area (Å²) >= 11 is 0. The van der Waals surface area contributed by atoms with Crippen LogP contribution < -0.4 is 0 Å². The molecule has 0 bridgehead atoms. The molecule has 29 heavy (non-hydrogen) atoms. The second-order valence-electron chi connectivity index (χ2n) is 9.11. The molecule has 4 rings (SSSR count). The second-order valence-corrected chi connectivity index (χ2v) is 9.11. The number of aromatic nitrogens is 1. The van der Waals surface area contributed by atoms with Crippen molar-refractivity contribution in [1.29, 1.82) is 0 Å². The van der Waals surface area contributed by atoms with E-state index in [2.05, 4.69) is 4.98 Å². The normalized spacial score (nSPS) is 24.5. The van der Waals surface area contributed by atoms with Gasteiger partial charge in [0, 0.05) is 44.0 Å². The largest absolute Gasteiger partial charge is 0.389 e. The molecule has 6 nitrogen and oxygen atoms in total. The number of likely N-dealkylation sites (tertiary alicyclic amines) is 2. The fraction of sp³-hybridized carbons (Fsp3) is 0.696. The van der Waals surface area contributed by atoms with Crippen LogP contribution in [-0.2, 0) is 4.79 Å². The number of hydrogen-bond donors (Lipinski definition) is 1. The number of amides is 2. The van der Waals surface area contributed by atoms with Gasteiger partial charge in [0.25, 0.3) is 5.91 Å². The minimum atomic E-state index is -0.807. The van der Waals surface area contributed by atoms with Crippen LogP contribution >= 0.6 is 0 Å². The Hall–Kier alpha value is -1.95. The van der Waals surface area contributed by atoms with Gasteiger partial charge in [-0.3, -0.25) is 14.6 Å². The van der Waals surface area contributed by atoms with Crippen LogP contribution in [0.25, 0.3) is 0 Å². The molecule has 3 heterocycles. The molecule has 0 radical (unpaired) electrons. The lowest BCUT2D eigenvalue weighted by Crippen LogP contribution is -2.44. The Labute approximate surface area is 173 Å². The first-order valence-corrected chi connectivity index (χ1v) is 11.3. The summed E-state index contributed by atoms with van der Waals surface area (Å²) in [7, 11) is 0. The maximum Gasteiger partial charge on any atom is 0.255 e. The van der Waals surface area contributed by atoms with Gasteiger partial charge in [0.15, 0.2) is 0 Å². The van der Waals surface area contributed by atoms with E-state index in [0.717, 1.165) is 83.1 Å². The van der Waals surface area contributed by atoms with Gasteiger partial charge >= 0.3 is 0 Å². The molecule has 2 amide bonds. The highest BCUT2D eigenvalue weighted by molar-refractivity contribution is 5.94. The number of carbonyl (C=O) groups excluding carboxylic acids is 2. The fourth-order valence-corrected chi connectivity index (χ4v) is 5.10. The smallest absolute Gasteiger partial charge is 0.255 e. The Morgan fingerprint density at radius 3 is 2.41 bits per heavy atom. The number of aliphatic hydroxyl groups is 1. The molecular weight excluding hydrogens is 366 g/mol. The van der Waals surface area contributed by atoms with E-state index in [0.29, 0.717) is 12.1 Å². The highest BCUT2D eigenvalue weighted by Gasteiger charge is 2.35. The van der Waals surface area contributed by atoms with Crippen molar-refractivity contribution in [3.8, 4) is 0 Å². The molecule has 1 atom stereocenters. The summed E-state index contributed by atoms with van der Waals surface area (Å²) in [5.74, 6) is 0.340. The molecule has 1 aromatic heterocycles. The third kappa shape index (κ3) is 4.80. The zero-order valence-electron chi connectivity index (χ0n) is 17.3. The zero-order chi connectivity index (χ0) is 20.3. The number of pyridine rings is 1. The van der Waals surface area contributed by atoms with Crippen molar-refractivity contribution in [3.63, 3.8) is 0 Å². The van der Waals surface area contributed by atoms with Crippen LogP contribution in [0.15, 0.2) is 18.3 Å². The second kappa shape index (κ2) is 8.82. The molecule has 2 aliphatic heterocycles. The Morgan fingerprint density at radius 2 is 1.72 bits per heavy atom. The van der Waals surface area contributed by atoms with Crippen LogP contribution in [0.5, 0.6) is 0 Å².